The Morgan fingerprint density at radius 3 is 2.33 bits per heavy atom. The van der Waals surface area contributed by atoms with Gasteiger partial charge in [-0.15, -0.1) is 0 Å². The van der Waals surface area contributed by atoms with Gasteiger partial charge in [-0.05, 0) is 19.4 Å². The molecule has 0 saturated heterocycles. The highest BCUT2D eigenvalue weighted by atomic mass is 19.3. The van der Waals surface area contributed by atoms with Gasteiger partial charge in [0.2, 0.25) is 0 Å². The number of aryl methyl sites for hydroxylation is 1. The van der Waals surface area contributed by atoms with E-state index in [9.17, 15) is 18.7 Å². The van der Waals surface area contributed by atoms with Gasteiger partial charge in [0, 0.05) is 0 Å². The van der Waals surface area contributed by atoms with Crippen molar-refractivity contribution >= 4 is 5.97 Å². The van der Waals surface area contributed by atoms with Crippen LogP contribution in [-0.2, 0) is 9.53 Å². The van der Waals surface area contributed by atoms with Crippen molar-refractivity contribution in [2.75, 3.05) is 6.61 Å². The first kappa shape index (κ1) is 14.6. The molecule has 0 aliphatic rings. The number of aliphatic hydroxyl groups excluding tert-OH is 1. The Bertz CT molecular complexity index is 390. The third-order valence-electron chi connectivity index (χ3n) is 2.59. The SMILES string of the molecule is CCOC(=O)C(C(F)F)C(O)c1ccc(C)cc1. The number of hydrogen-bond donors (Lipinski definition) is 1. The van der Waals surface area contributed by atoms with Gasteiger partial charge in [0.25, 0.3) is 6.43 Å². The van der Waals surface area contributed by atoms with E-state index in [-0.39, 0.29) is 12.2 Å². The van der Waals surface area contributed by atoms with Crippen LogP contribution in [0.5, 0.6) is 0 Å². The van der Waals surface area contributed by atoms with Crippen molar-refractivity contribution in [1.29, 1.82) is 0 Å². The Labute approximate surface area is 104 Å². The fraction of sp³-hybridized carbons (Fsp3) is 0.462. The molecule has 1 N–H and O–H groups in total. The van der Waals surface area contributed by atoms with Crippen molar-refractivity contribution in [3.8, 4) is 0 Å². The van der Waals surface area contributed by atoms with Crippen LogP contribution < -0.4 is 0 Å². The number of benzene rings is 1. The number of hydrogen-bond acceptors (Lipinski definition) is 3. The van der Waals surface area contributed by atoms with Crippen LogP contribution in [0.15, 0.2) is 24.3 Å². The lowest BCUT2D eigenvalue weighted by Crippen LogP contribution is -2.30. The maximum atomic E-state index is 12.8. The van der Waals surface area contributed by atoms with Crippen LogP contribution in [0.25, 0.3) is 0 Å². The molecular formula is C13H16F2O3. The summed E-state index contributed by atoms with van der Waals surface area (Å²) in [6.07, 6.45) is -4.54. The zero-order chi connectivity index (χ0) is 13.7. The van der Waals surface area contributed by atoms with Gasteiger partial charge >= 0.3 is 5.97 Å². The summed E-state index contributed by atoms with van der Waals surface area (Å²) >= 11 is 0. The van der Waals surface area contributed by atoms with Crippen molar-refractivity contribution in [3.05, 3.63) is 35.4 Å². The largest absolute Gasteiger partial charge is 0.466 e. The Kier molecular flexibility index (Phi) is 5.22. The maximum absolute atomic E-state index is 12.8. The number of halogens is 2. The molecule has 1 rings (SSSR count). The first-order valence-electron chi connectivity index (χ1n) is 5.66. The molecule has 0 saturated carbocycles. The maximum Gasteiger partial charge on any atom is 0.317 e. The van der Waals surface area contributed by atoms with E-state index in [0.717, 1.165) is 5.56 Å². The molecule has 0 heterocycles. The van der Waals surface area contributed by atoms with Gasteiger partial charge in [-0.2, -0.15) is 0 Å². The van der Waals surface area contributed by atoms with Crippen molar-refractivity contribution in [1.82, 2.24) is 0 Å². The summed E-state index contributed by atoms with van der Waals surface area (Å²) in [6.45, 7) is 3.37. The van der Waals surface area contributed by atoms with Gasteiger partial charge in [-0.1, -0.05) is 29.8 Å². The minimum Gasteiger partial charge on any atom is -0.466 e. The molecule has 18 heavy (non-hydrogen) atoms. The van der Waals surface area contributed by atoms with Crippen molar-refractivity contribution in [2.24, 2.45) is 5.92 Å². The van der Waals surface area contributed by atoms with Gasteiger partial charge in [0.15, 0.2) is 0 Å². The van der Waals surface area contributed by atoms with Gasteiger partial charge in [0.05, 0.1) is 12.7 Å². The number of alkyl halides is 2. The van der Waals surface area contributed by atoms with Crippen molar-refractivity contribution in [2.45, 2.75) is 26.4 Å². The minimum absolute atomic E-state index is 0.00265. The van der Waals surface area contributed by atoms with E-state index in [0.29, 0.717) is 0 Å². The van der Waals surface area contributed by atoms with E-state index in [2.05, 4.69) is 4.74 Å². The van der Waals surface area contributed by atoms with E-state index in [4.69, 9.17) is 0 Å². The third-order valence-corrected chi connectivity index (χ3v) is 2.59. The fourth-order valence-corrected chi connectivity index (χ4v) is 1.58. The molecule has 0 fully saturated rings. The Hall–Kier alpha value is -1.49. The molecule has 2 unspecified atom stereocenters. The Balaban J connectivity index is 2.92. The second-order valence-electron chi connectivity index (χ2n) is 3.97. The molecule has 0 bridgehead atoms. The highest BCUT2D eigenvalue weighted by molar-refractivity contribution is 5.73. The van der Waals surface area contributed by atoms with Crippen LogP contribution in [0.3, 0.4) is 0 Å². The number of rotatable bonds is 5. The molecule has 0 aliphatic carbocycles. The highest BCUT2D eigenvalue weighted by Crippen LogP contribution is 2.28. The van der Waals surface area contributed by atoms with Crippen molar-refractivity contribution in [3.63, 3.8) is 0 Å². The summed E-state index contributed by atoms with van der Waals surface area (Å²) in [4.78, 5) is 11.4. The van der Waals surface area contributed by atoms with Crippen LogP contribution in [0.4, 0.5) is 8.78 Å². The van der Waals surface area contributed by atoms with Gasteiger partial charge in [-0.25, -0.2) is 8.78 Å². The van der Waals surface area contributed by atoms with Gasteiger partial charge < -0.3 is 9.84 Å². The molecule has 5 heteroatoms. The first-order chi connectivity index (χ1) is 8.47. The predicted octanol–water partition coefficient (Wildman–Crippen LogP) is 2.47. The molecule has 2 atom stereocenters. The molecule has 3 nitrogen and oxygen atoms in total. The number of carbonyl (C=O) groups excluding carboxylic acids is 1. The molecular weight excluding hydrogens is 242 g/mol. The lowest BCUT2D eigenvalue weighted by atomic mass is 9.95. The first-order valence-corrected chi connectivity index (χ1v) is 5.66. The topological polar surface area (TPSA) is 46.5 Å². The summed E-state index contributed by atoms with van der Waals surface area (Å²) < 4.78 is 30.2. The zero-order valence-electron chi connectivity index (χ0n) is 10.3. The van der Waals surface area contributed by atoms with Crippen molar-refractivity contribution < 1.29 is 23.4 Å². The van der Waals surface area contributed by atoms with E-state index in [1.807, 2.05) is 6.92 Å². The van der Waals surface area contributed by atoms with E-state index >= 15 is 0 Å². The summed E-state index contributed by atoms with van der Waals surface area (Å²) in [7, 11) is 0. The minimum atomic E-state index is -2.97. The smallest absolute Gasteiger partial charge is 0.317 e. The standard InChI is InChI=1S/C13H16F2O3/c1-3-18-13(17)10(12(14)15)11(16)9-6-4-8(2)5-7-9/h4-7,10-12,16H,3H2,1-2H3. The van der Waals surface area contributed by atoms with Gasteiger partial charge in [-0.3, -0.25) is 4.79 Å². The molecule has 0 spiro atoms. The Morgan fingerprint density at radius 2 is 1.89 bits per heavy atom. The quantitative estimate of drug-likeness (QED) is 0.825. The molecule has 100 valence electrons. The Morgan fingerprint density at radius 1 is 1.33 bits per heavy atom. The molecule has 1 aromatic rings. The molecule has 1 aromatic carbocycles. The lowest BCUT2D eigenvalue weighted by Gasteiger charge is -2.20. The third kappa shape index (κ3) is 3.50. The highest BCUT2D eigenvalue weighted by Gasteiger charge is 2.37. The molecule has 0 radical (unpaired) electrons. The number of carbonyl (C=O) groups is 1. The second kappa shape index (κ2) is 6.44. The number of aliphatic hydroxyl groups is 1. The molecule has 0 aliphatic heterocycles. The summed E-state index contributed by atoms with van der Waals surface area (Å²) in [5.74, 6) is -2.94. The lowest BCUT2D eigenvalue weighted by molar-refractivity contribution is -0.160. The monoisotopic (exact) mass is 258 g/mol. The van der Waals surface area contributed by atoms with E-state index in [1.54, 1.807) is 12.1 Å². The van der Waals surface area contributed by atoms with Gasteiger partial charge in [0.1, 0.15) is 5.92 Å². The normalized spacial score (nSPS) is 14.3. The fourth-order valence-electron chi connectivity index (χ4n) is 1.58. The predicted molar refractivity (Wildman–Crippen MR) is 62.3 cm³/mol. The van der Waals surface area contributed by atoms with E-state index in [1.165, 1.54) is 19.1 Å². The second-order valence-corrected chi connectivity index (χ2v) is 3.97. The van der Waals surface area contributed by atoms with Crippen LogP contribution in [0, 0.1) is 12.8 Å². The summed E-state index contributed by atoms with van der Waals surface area (Å²) in [5, 5.41) is 9.86. The summed E-state index contributed by atoms with van der Waals surface area (Å²) in [5.41, 5.74) is 1.22. The molecule has 0 aromatic heterocycles. The van der Waals surface area contributed by atoms with Crippen LogP contribution >= 0.6 is 0 Å². The van der Waals surface area contributed by atoms with Crippen LogP contribution in [0.2, 0.25) is 0 Å². The average molecular weight is 258 g/mol. The number of esters is 1. The zero-order valence-corrected chi connectivity index (χ0v) is 10.3. The summed E-state index contributed by atoms with van der Waals surface area (Å²) in [6, 6.07) is 6.42. The van der Waals surface area contributed by atoms with Crippen LogP contribution in [0.1, 0.15) is 24.2 Å². The number of ether oxygens (including phenoxy) is 1. The van der Waals surface area contributed by atoms with Crippen LogP contribution in [-0.4, -0.2) is 24.1 Å². The molecule has 0 amide bonds. The van der Waals surface area contributed by atoms with E-state index < -0.39 is 24.4 Å². The average Bonchev–Trinajstić information content (AvgIpc) is 2.29.